The number of nitro benzene ring substituents is 1. The van der Waals surface area contributed by atoms with Crippen LogP contribution in [0.25, 0.3) is 0 Å². The topological polar surface area (TPSA) is 46.4 Å². The predicted molar refractivity (Wildman–Crippen MR) is 61.8 cm³/mol. The van der Waals surface area contributed by atoms with Gasteiger partial charge in [-0.1, -0.05) is 18.2 Å². The predicted octanol–water partition coefficient (Wildman–Crippen LogP) is 2.72. The molecule has 0 saturated carbocycles. The fourth-order valence-corrected chi connectivity index (χ4v) is 1.96. The Hall–Kier alpha value is -1.33. The first-order valence-corrected chi connectivity index (χ1v) is 5.16. The van der Waals surface area contributed by atoms with Gasteiger partial charge in [0.25, 0.3) is 5.69 Å². The Bertz CT molecular complexity index is 368. The largest absolute Gasteiger partial charge is 0.284 e. The highest BCUT2D eigenvalue weighted by Gasteiger charge is 2.14. The second-order valence-corrected chi connectivity index (χ2v) is 4.16. The van der Waals surface area contributed by atoms with Gasteiger partial charge in [0.15, 0.2) is 0 Å². The second-order valence-electron chi connectivity index (χ2n) is 2.92. The molecule has 0 radical (unpaired) electrons. The van der Waals surface area contributed by atoms with Crippen LogP contribution in [0.15, 0.2) is 41.8 Å². The van der Waals surface area contributed by atoms with E-state index < -0.39 is 0 Å². The first-order chi connectivity index (χ1) is 7.15. The van der Waals surface area contributed by atoms with E-state index in [0.717, 1.165) is 0 Å². The third-order valence-corrected chi connectivity index (χ3v) is 2.71. The molecule has 0 spiro atoms. The van der Waals surface area contributed by atoms with Crippen molar-refractivity contribution in [3.8, 4) is 0 Å². The molecule has 80 valence electrons. The van der Waals surface area contributed by atoms with E-state index in [9.17, 15) is 10.1 Å². The Morgan fingerprint density at radius 2 is 2.27 bits per heavy atom. The number of likely N-dealkylation sites (N-methyl/N-ethyl adjacent to an activating group) is 1. The zero-order chi connectivity index (χ0) is 11.3. The summed E-state index contributed by atoms with van der Waals surface area (Å²) in [6.45, 7) is 4.29. The van der Waals surface area contributed by atoms with Crippen molar-refractivity contribution in [3.63, 3.8) is 0 Å². The molecule has 0 heterocycles. The molecular formula is C10H12N2O2S. The molecule has 0 aliphatic heterocycles. The van der Waals surface area contributed by atoms with Gasteiger partial charge in [0.2, 0.25) is 0 Å². The number of rotatable bonds is 5. The van der Waals surface area contributed by atoms with Gasteiger partial charge in [0.05, 0.1) is 4.92 Å². The van der Waals surface area contributed by atoms with Crippen LogP contribution in [-0.4, -0.2) is 22.8 Å². The molecule has 0 atom stereocenters. The van der Waals surface area contributed by atoms with E-state index in [4.69, 9.17) is 0 Å². The van der Waals surface area contributed by atoms with Crippen LogP contribution in [0.2, 0.25) is 0 Å². The van der Waals surface area contributed by atoms with Crippen molar-refractivity contribution in [1.82, 2.24) is 4.31 Å². The molecule has 0 fully saturated rings. The van der Waals surface area contributed by atoms with Crippen LogP contribution in [0.1, 0.15) is 0 Å². The van der Waals surface area contributed by atoms with Gasteiger partial charge in [-0.3, -0.25) is 10.1 Å². The average molecular weight is 224 g/mol. The lowest BCUT2D eigenvalue weighted by Crippen LogP contribution is -2.08. The van der Waals surface area contributed by atoms with Crippen LogP contribution in [0.5, 0.6) is 0 Å². The van der Waals surface area contributed by atoms with Crippen molar-refractivity contribution in [1.29, 1.82) is 0 Å². The van der Waals surface area contributed by atoms with Crippen LogP contribution in [0, 0.1) is 10.1 Å². The molecular weight excluding hydrogens is 212 g/mol. The summed E-state index contributed by atoms with van der Waals surface area (Å²) in [6.07, 6.45) is 1.75. The van der Waals surface area contributed by atoms with E-state index in [1.807, 2.05) is 11.4 Å². The van der Waals surface area contributed by atoms with Crippen molar-refractivity contribution in [2.24, 2.45) is 0 Å². The molecule has 0 N–H and O–H groups in total. The quantitative estimate of drug-likeness (QED) is 0.334. The van der Waals surface area contributed by atoms with Crippen LogP contribution in [0.4, 0.5) is 5.69 Å². The normalized spacial score (nSPS) is 10.3. The fourth-order valence-electron chi connectivity index (χ4n) is 1.07. The van der Waals surface area contributed by atoms with Gasteiger partial charge in [-0.2, -0.15) is 0 Å². The molecule has 0 unspecified atom stereocenters. The minimum Gasteiger partial charge on any atom is -0.258 e. The number of hydrogen-bond acceptors (Lipinski definition) is 4. The minimum atomic E-state index is -0.371. The van der Waals surface area contributed by atoms with E-state index in [-0.39, 0.29) is 10.6 Å². The molecule has 1 aromatic rings. The van der Waals surface area contributed by atoms with Crippen molar-refractivity contribution >= 4 is 17.6 Å². The van der Waals surface area contributed by atoms with E-state index in [0.29, 0.717) is 11.4 Å². The maximum atomic E-state index is 10.7. The average Bonchev–Trinajstić information content (AvgIpc) is 2.18. The molecule has 4 nitrogen and oxygen atoms in total. The van der Waals surface area contributed by atoms with Crippen molar-refractivity contribution in [2.75, 3.05) is 13.6 Å². The van der Waals surface area contributed by atoms with Crippen molar-refractivity contribution in [3.05, 3.63) is 47.0 Å². The van der Waals surface area contributed by atoms with Crippen LogP contribution >= 0.6 is 11.9 Å². The van der Waals surface area contributed by atoms with Crippen LogP contribution < -0.4 is 0 Å². The van der Waals surface area contributed by atoms with E-state index in [1.165, 1.54) is 18.0 Å². The lowest BCUT2D eigenvalue weighted by atomic mass is 10.3. The number of hydrogen-bond donors (Lipinski definition) is 0. The molecule has 0 amide bonds. The Labute approximate surface area is 92.9 Å². The highest BCUT2D eigenvalue weighted by molar-refractivity contribution is 7.97. The summed E-state index contributed by atoms with van der Waals surface area (Å²) in [4.78, 5) is 11.0. The summed E-state index contributed by atoms with van der Waals surface area (Å²) in [5.41, 5.74) is 0.137. The van der Waals surface area contributed by atoms with E-state index in [2.05, 4.69) is 6.58 Å². The first-order valence-electron chi connectivity index (χ1n) is 4.38. The minimum absolute atomic E-state index is 0.137. The zero-order valence-electron chi connectivity index (χ0n) is 8.42. The van der Waals surface area contributed by atoms with Gasteiger partial charge in [-0.15, -0.1) is 6.58 Å². The van der Waals surface area contributed by atoms with E-state index >= 15 is 0 Å². The molecule has 0 aliphatic carbocycles. The number of nitrogens with zero attached hydrogens (tertiary/aromatic N) is 2. The molecule has 1 rings (SSSR count). The summed E-state index contributed by atoms with van der Waals surface area (Å²) < 4.78 is 1.88. The fraction of sp³-hybridized carbons (Fsp3) is 0.200. The van der Waals surface area contributed by atoms with Crippen LogP contribution in [-0.2, 0) is 0 Å². The lowest BCUT2D eigenvalue weighted by molar-refractivity contribution is -0.387. The van der Waals surface area contributed by atoms with Gasteiger partial charge < -0.3 is 0 Å². The SMILES string of the molecule is C=CCN(C)Sc1ccccc1[N+](=O)[O-]. The number of benzene rings is 1. The van der Waals surface area contributed by atoms with Gasteiger partial charge in [-0.05, 0) is 25.1 Å². The molecule has 1 aromatic carbocycles. The molecule has 5 heteroatoms. The zero-order valence-corrected chi connectivity index (χ0v) is 9.24. The monoisotopic (exact) mass is 224 g/mol. The maximum Gasteiger partial charge on any atom is 0.284 e. The third kappa shape index (κ3) is 3.38. The highest BCUT2D eigenvalue weighted by Crippen LogP contribution is 2.30. The maximum absolute atomic E-state index is 10.7. The van der Waals surface area contributed by atoms with E-state index in [1.54, 1.807) is 24.3 Å². The standard InChI is InChI=1S/C10H12N2O2S/c1-3-8-11(2)15-10-7-5-4-6-9(10)12(13)14/h3-7H,1,8H2,2H3. The summed E-state index contributed by atoms with van der Waals surface area (Å²) >= 11 is 1.34. The van der Waals surface area contributed by atoms with Gasteiger partial charge in [-0.25, -0.2) is 4.31 Å². The second kappa shape index (κ2) is 5.53. The van der Waals surface area contributed by atoms with Crippen LogP contribution in [0.3, 0.4) is 0 Å². The number of para-hydroxylation sites is 1. The van der Waals surface area contributed by atoms with Crippen molar-refractivity contribution in [2.45, 2.75) is 4.90 Å². The smallest absolute Gasteiger partial charge is 0.258 e. The van der Waals surface area contributed by atoms with Gasteiger partial charge in [0.1, 0.15) is 4.90 Å². The highest BCUT2D eigenvalue weighted by atomic mass is 32.2. The molecule has 15 heavy (non-hydrogen) atoms. The Kier molecular flexibility index (Phi) is 4.33. The summed E-state index contributed by atoms with van der Waals surface area (Å²) in [5, 5.41) is 10.7. The van der Waals surface area contributed by atoms with Gasteiger partial charge >= 0.3 is 0 Å². The molecule has 0 aliphatic rings. The third-order valence-electron chi connectivity index (χ3n) is 1.70. The molecule has 0 saturated heterocycles. The molecule has 0 bridgehead atoms. The summed E-state index contributed by atoms with van der Waals surface area (Å²) in [7, 11) is 1.86. The Morgan fingerprint density at radius 1 is 1.60 bits per heavy atom. The van der Waals surface area contributed by atoms with Crippen molar-refractivity contribution < 1.29 is 4.92 Å². The molecule has 0 aromatic heterocycles. The first kappa shape index (κ1) is 11.7. The number of nitro groups is 1. The Morgan fingerprint density at radius 3 is 2.87 bits per heavy atom. The lowest BCUT2D eigenvalue weighted by Gasteiger charge is -2.12. The summed E-state index contributed by atoms with van der Waals surface area (Å²) in [6, 6.07) is 6.69. The summed E-state index contributed by atoms with van der Waals surface area (Å²) in [5.74, 6) is 0. The van der Waals surface area contributed by atoms with Gasteiger partial charge in [0, 0.05) is 12.6 Å². The Balaban J connectivity index is 2.84.